The molecule has 0 unspecified atom stereocenters. The van der Waals surface area contributed by atoms with E-state index in [-0.39, 0.29) is 12.0 Å². The van der Waals surface area contributed by atoms with Crippen LogP contribution in [0.5, 0.6) is 5.75 Å². The molecule has 9 nitrogen and oxygen atoms in total. The van der Waals surface area contributed by atoms with Gasteiger partial charge in [-0.25, -0.2) is 14.0 Å². The summed E-state index contributed by atoms with van der Waals surface area (Å²) < 4.78 is 60.2. The Labute approximate surface area is 209 Å². The van der Waals surface area contributed by atoms with Gasteiger partial charge in [-0.05, 0) is 62.6 Å². The van der Waals surface area contributed by atoms with Crippen molar-refractivity contribution in [2.75, 3.05) is 0 Å². The Kier molecular flexibility index (Phi) is 9.45. The minimum Gasteiger partial charge on any atom is -0.479 e. The van der Waals surface area contributed by atoms with Crippen molar-refractivity contribution in [2.24, 2.45) is 0 Å². The topological polar surface area (TPSA) is 134 Å². The fraction of sp³-hybridized carbons (Fsp3) is 0.375. The van der Waals surface area contributed by atoms with Gasteiger partial charge in [-0.1, -0.05) is 24.3 Å². The monoisotopic (exact) mass is 530 g/mol. The highest BCUT2D eigenvalue weighted by Gasteiger charge is 2.34. The molecule has 2 rings (SSSR count). The SMILES string of the molecule is CC(C)(C)OC(=O)N[C@H](Cc1cccc(F)c1)[C@H](O)C(=O)N[C@@H](C(=O)O)c1cccc(OC(F)(F)F)c1. The normalized spacial score (nSPS) is 14.2. The lowest BCUT2D eigenvalue weighted by atomic mass is 9.99. The average Bonchev–Trinajstić information content (AvgIpc) is 2.73. The highest BCUT2D eigenvalue weighted by atomic mass is 19.4. The van der Waals surface area contributed by atoms with Crippen molar-refractivity contribution in [1.82, 2.24) is 10.6 Å². The van der Waals surface area contributed by atoms with Gasteiger partial charge in [-0.2, -0.15) is 0 Å². The van der Waals surface area contributed by atoms with Crippen LogP contribution in [-0.2, 0) is 20.7 Å². The lowest BCUT2D eigenvalue weighted by molar-refractivity contribution is -0.274. The standard InChI is InChI=1S/C24H26F4N2O7/c1-23(2,3)37-22(35)29-17(11-13-6-4-8-15(25)10-13)19(31)20(32)30-18(21(33)34)14-7-5-9-16(12-14)36-24(26,27)28/h4-10,12,17-19,31H,11H2,1-3H3,(H,29,35)(H,30,32)(H,33,34)/t17-,18-,19+/m1/s1. The number of aliphatic carboxylic acids is 1. The van der Waals surface area contributed by atoms with Gasteiger partial charge < -0.3 is 30.3 Å². The van der Waals surface area contributed by atoms with Gasteiger partial charge in [-0.3, -0.25) is 4.79 Å². The Hall–Kier alpha value is -3.87. The molecular weight excluding hydrogens is 504 g/mol. The van der Waals surface area contributed by atoms with Crippen LogP contribution in [0.1, 0.15) is 37.9 Å². The molecule has 0 fully saturated rings. The number of hydrogen-bond donors (Lipinski definition) is 4. The molecule has 2 amide bonds. The predicted octanol–water partition coefficient (Wildman–Crippen LogP) is 3.46. The summed E-state index contributed by atoms with van der Waals surface area (Å²) in [6.07, 6.45) is -8.35. The van der Waals surface area contributed by atoms with Crippen LogP contribution >= 0.6 is 0 Å². The number of ether oxygens (including phenoxy) is 2. The van der Waals surface area contributed by atoms with E-state index in [0.717, 1.165) is 36.4 Å². The maximum Gasteiger partial charge on any atom is 0.573 e. The van der Waals surface area contributed by atoms with E-state index in [1.54, 1.807) is 20.8 Å². The Morgan fingerprint density at radius 1 is 1.00 bits per heavy atom. The Morgan fingerprint density at radius 2 is 1.65 bits per heavy atom. The van der Waals surface area contributed by atoms with E-state index < -0.39 is 59.7 Å². The van der Waals surface area contributed by atoms with Crippen LogP contribution in [0, 0.1) is 5.82 Å². The van der Waals surface area contributed by atoms with Crippen LogP contribution < -0.4 is 15.4 Å². The first-order valence-electron chi connectivity index (χ1n) is 10.8. The first-order chi connectivity index (χ1) is 17.0. The highest BCUT2D eigenvalue weighted by Crippen LogP contribution is 2.26. The van der Waals surface area contributed by atoms with Gasteiger partial charge in [0, 0.05) is 0 Å². The zero-order valence-corrected chi connectivity index (χ0v) is 20.0. The van der Waals surface area contributed by atoms with Gasteiger partial charge in [0.1, 0.15) is 17.2 Å². The molecule has 0 aliphatic carbocycles. The second-order valence-corrected chi connectivity index (χ2v) is 8.93. The molecule has 0 aromatic heterocycles. The number of benzene rings is 2. The molecule has 37 heavy (non-hydrogen) atoms. The number of carboxylic acids is 1. The lowest BCUT2D eigenvalue weighted by Gasteiger charge is -2.27. The van der Waals surface area contributed by atoms with Crippen molar-refractivity contribution in [3.05, 3.63) is 65.5 Å². The summed E-state index contributed by atoms with van der Waals surface area (Å²) in [4.78, 5) is 36.9. The molecule has 2 aromatic rings. The zero-order chi connectivity index (χ0) is 28.0. The van der Waals surface area contributed by atoms with Gasteiger partial charge in [0.05, 0.1) is 6.04 Å². The zero-order valence-electron chi connectivity index (χ0n) is 20.0. The second kappa shape index (κ2) is 11.9. The minimum atomic E-state index is -5.03. The first kappa shape index (κ1) is 29.4. The van der Waals surface area contributed by atoms with Crippen LogP contribution in [-0.4, -0.2) is 52.3 Å². The minimum absolute atomic E-state index is 0.252. The fourth-order valence-corrected chi connectivity index (χ4v) is 3.21. The molecule has 202 valence electrons. The summed E-state index contributed by atoms with van der Waals surface area (Å²) in [7, 11) is 0. The molecule has 2 aromatic carbocycles. The van der Waals surface area contributed by atoms with Crippen molar-refractivity contribution in [2.45, 2.75) is 57.3 Å². The van der Waals surface area contributed by atoms with Crippen molar-refractivity contribution in [3.8, 4) is 5.75 Å². The van der Waals surface area contributed by atoms with Crippen LogP contribution in [0.2, 0.25) is 0 Å². The van der Waals surface area contributed by atoms with E-state index in [0.29, 0.717) is 5.56 Å². The maximum absolute atomic E-state index is 13.6. The van der Waals surface area contributed by atoms with Gasteiger partial charge in [0.25, 0.3) is 5.91 Å². The second-order valence-electron chi connectivity index (χ2n) is 8.93. The molecule has 0 aliphatic heterocycles. The molecule has 0 saturated heterocycles. The van der Waals surface area contributed by atoms with Gasteiger partial charge in [0.2, 0.25) is 0 Å². The van der Waals surface area contributed by atoms with E-state index in [9.17, 15) is 42.2 Å². The average molecular weight is 530 g/mol. The molecule has 4 N–H and O–H groups in total. The van der Waals surface area contributed by atoms with Crippen molar-refractivity contribution < 1.29 is 51.6 Å². The van der Waals surface area contributed by atoms with Crippen LogP contribution in [0.15, 0.2) is 48.5 Å². The number of aliphatic hydroxyl groups excluding tert-OH is 1. The van der Waals surface area contributed by atoms with Gasteiger partial charge in [0.15, 0.2) is 12.1 Å². The van der Waals surface area contributed by atoms with Crippen molar-refractivity contribution in [3.63, 3.8) is 0 Å². The molecular formula is C24H26F4N2O7. The molecule has 0 aliphatic rings. The molecule has 13 heteroatoms. The molecule has 0 spiro atoms. The van der Waals surface area contributed by atoms with Crippen LogP contribution in [0.4, 0.5) is 22.4 Å². The number of halogens is 4. The number of alkyl halides is 3. The Balaban J connectivity index is 2.27. The summed E-state index contributed by atoms with van der Waals surface area (Å²) in [5, 5.41) is 24.6. The lowest BCUT2D eigenvalue weighted by Crippen LogP contribution is -2.53. The number of carbonyl (C=O) groups is 3. The van der Waals surface area contributed by atoms with E-state index in [2.05, 4.69) is 10.1 Å². The molecule has 0 radical (unpaired) electrons. The van der Waals surface area contributed by atoms with Crippen LogP contribution in [0.25, 0.3) is 0 Å². The number of aliphatic hydroxyl groups is 1. The number of carboxylic acid groups (broad SMARTS) is 1. The van der Waals surface area contributed by atoms with Crippen molar-refractivity contribution >= 4 is 18.0 Å². The number of rotatable bonds is 9. The maximum atomic E-state index is 13.6. The number of amides is 2. The molecule has 3 atom stereocenters. The number of nitrogens with one attached hydrogen (secondary N) is 2. The smallest absolute Gasteiger partial charge is 0.479 e. The quantitative estimate of drug-likeness (QED) is 0.365. The summed E-state index contributed by atoms with van der Waals surface area (Å²) in [5.74, 6) is -4.25. The number of hydrogen-bond acceptors (Lipinski definition) is 6. The van der Waals surface area contributed by atoms with Crippen LogP contribution in [0.3, 0.4) is 0 Å². The van der Waals surface area contributed by atoms with Gasteiger partial charge >= 0.3 is 18.4 Å². The first-order valence-corrected chi connectivity index (χ1v) is 10.8. The highest BCUT2D eigenvalue weighted by molar-refractivity contribution is 5.88. The molecule has 0 heterocycles. The Morgan fingerprint density at radius 3 is 2.22 bits per heavy atom. The largest absolute Gasteiger partial charge is 0.573 e. The van der Waals surface area contributed by atoms with E-state index in [1.165, 1.54) is 12.1 Å². The number of carbonyl (C=O) groups excluding carboxylic acids is 2. The molecule has 0 bridgehead atoms. The van der Waals surface area contributed by atoms with E-state index >= 15 is 0 Å². The van der Waals surface area contributed by atoms with E-state index in [1.807, 2.05) is 5.32 Å². The van der Waals surface area contributed by atoms with E-state index in [4.69, 9.17) is 4.74 Å². The third-order valence-corrected chi connectivity index (χ3v) is 4.66. The van der Waals surface area contributed by atoms with Crippen molar-refractivity contribution in [1.29, 1.82) is 0 Å². The fourth-order valence-electron chi connectivity index (χ4n) is 3.21. The molecule has 0 saturated carbocycles. The third-order valence-electron chi connectivity index (χ3n) is 4.66. The third kappa shape index (κ3) is 9.95. The summed E-state index contributed by atoms with van der Waals surface area (Å²) in [6.45, 7) is 4.72. The predicted molar refractivity (Wildman–Crippen MR) is 121 cm³/mol. The van der Waals surface area contributed by atoms with Gasteiger partial charge in [-0.15, -0.1) is 13.2 Å². The summed E-state index contributed by atoms with van der Waals surface area (Å²) in [6, 6.07) is 5.78. The summed E-state index contributed by atoms with van der Waals surface area (Å²) in [5.41, 5.74) is -0.921. The number of alkyl carbamates (subject to hydrolysis) is 1. The summed E-state index contributed by atoms with van der Waals surface area (Å²) >= 11 is 0. The Bertz CT molecular complexity index is 1120.